The van der Waals surface area contributed by atoms with Gasteiger partial charge in [-0.05, 0) is 48.9 Å². The minimum atomic E-state index is 0.502. The lowest BCUT2D eigenvalue weighted by Gasteiger charge is -2.23. The van der Waals surface area contributed by atoms with E-state index in [0.717, 1.165) is 12.6 Å². The molecule has 1 aliphatic rings. The average molecular weight is 289 g/mol. The number of thiophene rings is 1. The Hall–Kier alpha value is 0.1000. The van der Waals surface area contributed by atoms with Crippen molar-refractivity contribution >= 4 is 27.3 Å². The minimum absolute atomic E-state index is 0.502. The zero-order valence-corrected chi connectivity index (χ0v) is 11.6. The highest BCUT2D eigenvalue weighted by Crippen LogP contribution is 2.29. The molecule has 0 aliphatic heterocycles. The summed E-state index contributed by atoms with van der Waals surface area (Å²) in [6, 6.07) is 3.52. The van der Waals surface area contributed by atoms with Gasteiger partial charge in [0.05, 0.1) is 6.04 Å². The van der Waals surface area contributed by atoms with E-state index in [9.17, 15) is 0 Å². The molecule has 0 bridgehead atoms. The van der Waals surface area contributed by atoms with Crippen molar-refractivity contribution in [1.29, 1.82) is 0 Å². The molecule has 2 rings (SSSR count). The SMILES string of the molecule is CN(C)C(CNC1CC1)c1cc(Br)cs1. The molecule has 1 fully saturated rings. The summed E-state index contributed by atoms with van der Waals surface area (Å²) in [4.78, 5) is 3.72. The maximum Gasteiger partial charge on any atom is 0.0562 e. The molecule has 0 radical (unpaired) electrons. The van der Waals surface area contributed by atoms with Gasteiger partial charge in [-0.3, -0.25) is 0 Å². The second-order valence-electron chi connectivity index (χ2n) is 4.33. The first-order chi connectivity index (χ1) is 7.16. The Morgan fingerprint density at radius 2 is 2.33 bits per heavy atom. The fourth-order valence-electron chi connectivity index (χ4n) is 1.61. The Morgan fingerprint density at radius 1 is 1.60 bits per heavy atom. The molecule has 84 valence electrons. The first-order valence-corrected chi connectivity index (χ1v) is 6.98. The third-order valence-corrected chi connectivity index (χ3v) is 4.51. The summed E-state index contributed by atoms with van der Waals surface area (Å²) in [6.45, 7) is 1.06. The molecule has 0 spiro atoms. The van der Waals surface area contributed by atoms with E-state index in [0.29, 0.717) is 6.04 Å². The average Bonchev–Trinajstić information content (AvgIpc) is 2.89. The predicted molar refractivity (Wildman–Crippen MR) is 69.5 cm³/mol. The van der Waals surface area contributed by atoms with E-state index in [1.54, 1.807) is 0 Å². The molecule has 1 N–H and O–H groups in total. The van der Waals surface area contributed by atoms with Crippen LogP contribution in [0, 0.1) is 0 Å². The second kappa shape index (κ2) is 4.95. The van der Waals surface area contributed by atoms with Crippen molar-refractivity contribution < 1.29 is 0 Å². The number of hydrogen-bond donors (Lipinski definition) is 1. The van der Waals surface area contributed by atoms with Crippen molar-refractivity contribution in [2.24, 2.45) is 0 Å². The first-order valence-electron chi connectivity index (χ1n) is 5.30. The molecule has 0 saturated heterocycles. The fourth-order valence-corrected chi connectivity index (χ4v) is 3.25. The van der Waals surface area contributed by atoms with Crippen LogP contribution in [0.5, 0.6) is 0 Å². The number of nitrogens with zero attached hydrogens (tertiary/aromatic N) is 1. The van der Waals surface area contributed by atoms with Crippen molar-refractivity contribution in [3.63, 3.8) is 0 Å². The number of nitrogens with one attached hydrogen (secondary N) is 1. The summed E-state index contributed by atoms with van der Waals surface area (Å²) in [6.07, 6.45) is 2.71. The van der Waals surface area contributed by atoms with E-state index >= 15 is 0 Å². The molecule has 4 heteroatoms. The summed E-state index contributed by atoms with van der Waals surface area (Å²) < 4.78 is 1.20. The van der Waals surface area contributed by atoms with Crippen LogP contribution >= 0.6 is 27.3 Å². The van der Waals surface area contributed by atoms with E-state index in [1.165, 1.54) is 22.2 Å². The molecule has 0 aromatic carbocycles. The molecular formula is C11H17BrN2S. The highest BCUT2D eigenvalue weighted by atomic mass is 79.9. The van der Waals surface area contributed by atoms with Gasteiger partial charge in [-0.2, -0.15) is 0 Å². The fraction of sp³-hybridized carbons (Fsp3) is 0.636. The van der Waals surface area contributed by atoms with Gasteiger partial charge < -0.3 is 10.2 Å². The Labute approximate surface area is 104 Å². The molecule has 1 aromatic heterocycles. The third kappa shape index (κ3) is 3.28. The quantitative estimate of drug-likeness (QED) is 0.896. The summed E-state index contributed by atoms with van der Waals surface area (Å²) in [5.41, 5.74) is 0. The molecule has 1 atom stereocenters. The van der Waals surface area contributed by atoms with Crippen molar-refractivity contribution in [3.8, 4) is 0 Å². The molecule has 1 unspecified atom stereocenters. The topological polar surface area (TPSA) is 15.3 Å². The van der Waals surface area contributed by atoms with Crippen LogP contribution < -0.4 is 5.32 Å². The highest BCUT2D eigenvalue weighted by molar-refractivity contribution is 9.10. The monoisotopic (exact) mass is 288 g/mol. The lowest BCUT2D eigenvalue weighted by molar-refractivity contribution is 0.292. The largest absolute Gasteiger partial charge is 0.312 e. The number of halogens is 1. The standard InChI is InChI=1S/C11H17BrN2S/c1-14(2)10(6-13-9-3-4-9)11-5-8(12)7-15-11/h5,7,9-10,13H,3-4,6H2,1-2H3. The second-order valence-corrected chi connectivity index (χ2v) is 6.19. The van der Waals surface area contributed by atoms with Gasteiger partial charge in [0.25, 0.3) is 0 Å². The smallest absolute Gasteiger partial charge is 0.0562 e. The van der Waals surface area contributed by atoms with Crippen LogP contribution in [0.2, 0.25) is 0 Å². The van der Waals surface area contributed by atoms with Gasteiger partial charge in [-0.1, -0.05) is 0 Å². The summed E-state index contributed by atoms with van der Waals surface area (Å²) in [5.74, 6) is 0. The number of rotatable bonds is 5. The lowest BCUT2D eigenvalue weighted by Crippen LogP contribution is -2.31. The number of likely N-dealkylation sites (N-methyl/N-ethyl adjacent to an activating group) is 1. The van der Waals surface area contributed by atoms with E-state index in [4.69, 9.17) is 0 Å². The minimum Gasteiger partial charge on any atom is -0.312 e. The Morgan fingerprint density at radius 3 is 2.80 bits per heavy atom. The van der Waals surface area contributed by atoms with E-state index in [2.05, 4.69) is 51.7 Å². The first kappa shape index (κ1) is 11.6. The summed E-state index contributed by atoms with van der Waals surface area (Å²) in [5, 5.41) is 5.75. The predicted octanol–water partition coefficient (Wildman–Crippen LogP) is 2.87. The van der Waals surface area contributed by atoms with Gasteiger partial charge in [0.2, 0.25) is 0 Å². The number of hydrogen-bond acceptors (Lipinski definition) is 3. The van der Waals surface area contributed by atoms with Crippen LogP contribution in [0.3, 0.4) is 0 Å². The van der Waals surface area contributed by atoms with Crippen LogP contribution in [0.25, 0.3) is 0 Å². The van der Waals surface area contributed by atoms with Crippen molar-refractivity contribution in [2.75, 3.05) is 20.6 Å². The van der Waals surface area contributed by atoms with E-state index < -0.39 is 0 Å². The van der Waals surface area contributed by atoms with Gasteiger partial charge in [0.1, 0.15) is 0 Å². The molecule has 1 aliphatic carbocycles. The van der Waals surface area contributed by atoms with E-state index in [1.807, 2.05) is 11.3 Å². The third-order valence-electron chi connectivity index (χ3n) is 2.72. The van der Waals surface area contributed by atoms with Crippen molar-refractivity contribution in [3.05, 3.63) is 20.8 Å². The molecule has 1 saturated carbocycles. The van der Waals surface area contributed by atoms with E-state index in [-0.39, 0.29) is 0 Å². The van der Waals surface area contributed by atoms with Crippen molar-refractivity contribution in [1.82, 2.24) is 10.2 Å². The molecule has 0 amide bonds. The molecule has 2 nitrogen and oxygen atoms in total. The van der Waals surface area contributed by atoms with Crippen LogP contribution in [0.4, 0.5) is 0 Å². The van der Waals surface area contributed by atoms with Gasteiger partial charge >= 0.3 is 0 Å². The van der Waals surface area contributed by atoms with Crippen LogP contribution in [0.15, 0.2) is 15.9 Å². The Balaban J connectivity index is 1.97. The van der Waals surface area contributed by atoms with Crippen LogP contribution in [-0.4, -0.2) is 31.6 Å². The van der Waals surface area contributed by atoms with Crippen LogP contribution in [0.1, 0.15) is 23.8 Å². The zero-order valence-electron chi connectivity index (χ0n) is 9.16. The van der Waals surface area contributed by atoms with Crippen LogP contribution in [-0.2, 0) is 0 Å². The van der Waals surface area contributed by atoms with Gasteiger partial charge in [-0.25, -0.2) is 0 Å². The Bertz CT molecular complexity index is 320. The van der Waals surface area contributed by atoms with Gasteiger partial charge in [0.15, 0.2) is 0 Å². The molecule has 1 aromatic rings. The molecule has 15 heavy (non-hydrogen) atoms. The maximum atomic E-state index is 3.60. The lowest BCUT2D eigenvalue weighted by atomic mass is 10.2. The highest BCUT2D eigenvalue weighted by Gasteiger charge is 2.23. The zero-order chi connectivity index (χ0) is 10.8. The summed E-state index contributed by atoms with van der Waals surface area (Å²) >= 11 is 5.34. The summed E-state index contributed by atoms with van der Waals surface area (Å²) in [7, 11) is 4.29. The maximum absolute atomic E-state index is 3.60. The van der Waals surface area contributed by atoms with Crippen molar-refractivity contribution in [2.45, 2.75) is 24.9 Å². The molecule has 1 heterocycles. The normalized spacial score (nSPS) is 18.4. The van der Waals surface area contributed by atoms with Gasteiger partial charge in [0, 0.05) is 27.3 Å². The Kier molecular flexibility index (Phi) is 3.83. The van der Waals surface area contributed by atoms with Gasteiger partial charge in [-0.15, -0.1) is 11.3 Å². The molecular weight excluding hydrogens is 272 g/mol.